The van der Waals surface area contributed by atoms with Crippen molar-refractivity contribution in [1.82, 2.24) is 4.90 Å². The first kappa shape index (κ1) is 10.1. The highest BCUT2D eigenvalue weighted by molar-refractivity contribution is 9.12. The predicted octanol–water partition coefficient (Wildman–Crippen LogP) is 0.817. The van der Waals surface area contributed by atoms with Gasteiger partial charge in [-0.25, -0.2) is 4.90 Å². The summed E-state index contributed by atoms with van der Waals surface area (Å²) in [6, 6.07) is 0. The summed E-state index contributed by atoms with van der Waals surface area (Å²) in [6.45, 7) is 3.27. The lowest BCUT2D eigenvalue weighted by atomic mass is 10.2. The van der Waals surface area contributed by atoms with Gasteiger partial charge in [-0.2, -0.15) is 0 Å². The topological polar surface area (TPSA) is 54.5 Å². The molecule has 0 spiro atoms. The first-order valence-corrected chi connectivity index (χ1v) is 4.54. The fourth-order valence-electron chi connectivity index (χ4n) is 0.908. The van der Waals surface area contributed by atoms with Gasteiger partial charge in [0.15, 0.2) is 0 Å². The molecule has 1 aliphatic rings. The molecule has 0 atom stereocenters. The first-order valence-electron chi connectivity index (χ1n) is 3.74. The Hall–Kier alpha value is -0.970. The highest BCUT2D eigenvalue weighted by Gasteiger charge is 2.35. The van der Waals surface area contributed by atoms with E-state index in [1.165, 1.54) is 0 Å². The Labute approximate surface area is 83.7 Å². The molecule has 4 nitrogen and oxygen atoms in total. The van der Waals surface area contributed by atoms with Gasteiger partial charge in [0.2, 0.25) is 5.91 Å². The van der Waals surface area contributed by atoms with E-state index >= 15 is 0 Å². The predicted molar refractivity (Wildman–Crippen MR) is 48.7 cm³/mol. The van der Waals surface area contributed by atoms with Gasteiger partial charge in [-0.1, -0.05) is 13.8 Å². The second-order valence-electron chi connectivity index (χ2n) is 2.96. The molecule has 70 valence electrons. The average molecular weight is 246 g/mol. The molecule has 0 bridgehead atoms. The number of hydrogen-bond donors (Lipinski definition) is 0. The minimum atomic E-state index is -0.580. The van der Waals surface area contributed by atoms with Crippen LogP contribution in [-0.4, -0.2) is 22.6 Å². The fourth-order valence-corrected chi connectivity index (χ4v) is 1.28. The number of nitrogens with zero attached hydrogens (tertiary/aromatic N) is 1. The normalized spacial score (nSPS) is 16.9. The van der Waals surface area contributed by atoms with E-state index in [9.17, 15) is 14.4 Å². The summed E-state index contributed by atoms with van der Waals surface area (Å²) in [5.41, 5.74) is 0. The molecule has 0 aromatic heterocycles. The van der Waals surface area contributed by atoms with E-state index in [2.05, 4.69) is 15.9 Å². The second-order valence-corrected chi connectivity index (χ2v) is 3.82. The van der Waals surface area contributed by atoms with Crippen molar-refractivity contribution in [2.75, 3.05) is 0 Å². The van der Waals surface area contributed by atoms with Crippen LogP contribution >= 0.6 is 15.9 Å². The molecule has 0 saturated carbocycles. The van der Waals surface area contributed by atoms with Gasteiger partial charge in [-0.3, -0.25) is 14.4 Å². The summed E-state index contributed by atoms with van der Waals surface area (Å²) >= 11 is 2.90. The van der Waals surface area contributed by atoms with Crippen LogP contribution in [-0.2, 0) is 14.4 Å². The number of halogens is 1. The molecule has 0 N–H and O–H groups in total. The smallest absolute Gasteiger partial charge is 0.274 e. The summed E-state index contributed by atoms with van der Waals surface area (Å²) in [5.74, 6) is -1.99. The SMILES string of the molecule is CC(C)C(=O)N1C(=O)C=C(Br)C1=O. The standard InChI is InChI=1S/C8H8BrNO3/c1-4(2)7(12)10-6(11)3-5(9)8(10)13/h3-4H,1-2H3. The molecule has 0 fully saturated rings. The van der Waals surface area contributed by atoms with E-state index < -0.39 is 17.7 Å². The number of carbonyl (C=O) groups excluding carboxylic acids is 3. The highest BCUT2D eigenvalue weighted by atomic mass is 79.9. The Morgan fingerprint density at radius 2 is 2.00 bits per heavy atom. The van der Waals surface area contributed by atoms with Crippen LogP contribution in [0.15, 0.2) is 10.6 Å². The van der Waals surface area contributed by atoms with Crippen LogP contribution in [0.5, 0.6) is 0 Å². The van der Waals surface area contributed by atoms with Crippen LogP contribution < -0.4 is 0 Å². The third-order valence-electron chi connectivity index (χ3n) is 1.59. The lowest BCUT2D eigenvalue weighted by Gasteiger charge is -2.13. The van der Waals surface area contributed by atoms with Crippen LogP contribution in [0, 0.1) is 5.92 Å². The molecule has 3 amide bonds. The van der Waals surface area contributed by atoms with Crippen molar-refractivity contribution in [3.05, 3.63) is 10.6 Å². The molecular formula is C8H8BrNO3. The maximum atomic E-state index is 11.3. The molecular weight excluding hydrogens is 238 g/mol. The van der Waals surface area contributed by atoms with Gasteiger partial charge in [0, 0.05) is 12.0 Å². The largest absolute Gasteiger partial charge is 0.274 e. The fraction of sp³-hybridized carbons (Fsp3) is 0.375. The van der Waals surface area contributed by atoms with Crippen molar-refractivity contribution in [3.63, 3.8) is 0 Å². The average Bonchev–Trinajstić information content (AvgIpc) is 2.26. The van der Waals surface area contributed by atoms with Crippen LogP contribution in [0.25, 0.3) is 0 Å². The number of rotatable bonds is 1. The van der Waals surface area contributed by atoms with Gasteiger partial charge in [-0.05, 0) is 15.9 Å². The van der Waals surface area contributed by atoms with Gasteiger partial charge >= 0.3 is 0 Å². The molecule has 0 unspecified atom stereocenters. The van der Waals surface area contributed by atoms with Crippen molar-refractivity contribution in [2.45, 2.75) is 13.8 Å². The molecule has 1 rings (SSSR count). The number of imide groups is 3. The summed E-state index contributed by atoms with van der Waals surface area (Å²) in [6.07, 6.45) is 1.10. The minimum absolute atomic E-state index is 0.131. The molecule has 5 heteroatoms. The number of carbonyl (C=O) groups is 3. The van der Waals surface area contributed by atoms with Crippen molar-refractivity contribution >= 4 is 33.7 Å². The molecule has 0 radical (unpaired) electrons. The van der Waals surface area contributed by atoms with Crippen molar-refractivity contribution < 1.29 is 14.4 Å². The Morgan fingerprint density at radius 3 is 2.31 bits per heavy atom. The van der Waals surface area contributed by atoms with Crippen molar-refractivity contribution in [1.29, 1.82) is 0 Å². The Morgan fingerprint density at radius 1 is 1.46 bits per heavy atom. The van der Waals surface area contributed by atoms with Gasteiger partial charge in [-0.15, -0.1) is 0 Å². The number of amides is 3. The van der Waals surface area contributed by atoms with E-state index in [-0.39, 0.29) is 10.4 Å². The molecule has 0 saturated heterocycles. The molecule has 1 heterocycles. The number of hydrogen-bond acceptors (Lipinski definition) is 3. The molecule has 1 aliphatic heterocycles. The zero-order valence-corrected chi connectivity index (χ0v) is 8.79. The van der Waals surface area contributed by atoms with E-state index in [1.807, 2.05) is 0 Å². The third-order valence-corrected chi connectivity index (χ3v) is 2.16. The molecule has 0 aliphatic carbocycles. The minimum Gasteiger partial charge on any atom is -0.274 e. The van der Waals surface area contributed by atoms with Gasteiger partial charge in [0.25, 0.3) is 11.8 Å². The summed E-state index contributed by atoms with van der Waals surface area (Å²) in [5, 5.41) is 0. The highest BCUT2D eigenvalue weighted by Crippen LogP contribution is 2.19. The third kappa shape index (κ3) is 1.70. The second kappa shape index (κ2) is 3.41. The van der Waals surface area contributed by atoms with E-state index in [4.69, 9.17) is 0 Å². The molecule has 0 aromatic carbocycles. The maximum absolute atomic E-state index is 11.3. The molecule has 13 heavy (non-hydrogen) atoms. The lowest BCUT2D eigenvalue weighted by molar-refractivity contribution is -0.150. The van der Waals surface area contributed by atoms with E-state index in [0.717, 1.165) is 6.08 Å². The Kier molecular flexibility index (Phi) is 2.66. The van der Waals surface area contributed by atoms with Gasteiger partial charge in [0.05, 0.1) is 4.48 Å². The monoisotopic (exact) mass is 245 g/mol. The van der Waals surface area contributed by atoms with Crippen LogP contribution in [0.1, 0.15) is 13.8 Å². The maximum Gasteiger partial charge on any atom is 0.274 e. The zero-order valence-electron chi connectivity index (χ0n) is 7.20. The molecule has 0 aromatic rings. The Bertz CT molecular complexity index is 319. The van der Waals surface area contributed by atoms with Crippen molar-refractivity contribution in [3.8, 4) is 0 Å². The summed E-state index contributed by atoms with van der Waals surface area (Å²) in [7, 11) is 0. The van der Waals surface area contributed by atoms with E-state index in [1.54, 1.807) is 13.8 Å². The van der Waals surface area contributed by atoms with Crippen molar-refractivity contribution in [2.24, 2.45) is 5.92 Å². The quantitative estimate of drug-likeness (QED) is 0.643. The van der Waals surface area contributed by atoms with Gasteiger partial charge < -0.3 is 0 Å². The summed E-state index contributed by atoms with van der Waals surface area (Å²) in [4.78, 5) is 34.3. The summed E-state index contributed by atoms with van der Waals surface area (Å²) < 4.78 is 0.131. The van der Waals surface area contributed by atoms with E-state index in [0.29, 0.717) is 4.90 Å². The lowest BCUT2D eigenvalue weighted by Crippen LogP contribution is -2.39. The van der Waals surface area contributed by atoms with Crippen LogP contribution in [0.3, 0.4) is 0 Å². The first-order chi connectivity index (χ1) is 5.95. The van der Waals surface area contributed by atoms with Gasteiger partial charge in [0.1, 0.15) is 0 Å². The van der Waals surface area contributed by atoms with Crippen LogP contribution in [0.4, 0.5) is 0 Å². The van der Waals surface area contributed by atoms with Crippen LogP contribution in [0.2, 0.25) is 0 Å². The Balaban J connectivity index is 2.92. The zero-order chi connectivity index (χ0) is 10.2.